The lowest BCUT2D eigenvalue weighted by Crippen LogP contribution is -2.36. The number of sulfone groups is 1. The van der Waals surface area contributed by atoms with Crippen molar-refractivity contribution in [3.8, 4) is 11.1 Å². The number of ether oxygens (including phenoxy) is 2. The topological polar surface area (TPSA) is 94.8 Å². The number of morpholine rings is 1. The lowest BCUT2D eigenvalue weighted by molar-refractivity contribution is -0.137. The second kappa shape index (κ2) is 9.41. The van der Waals surface area contributed by atoms with Crippen molar-refractivity contribution in [2.24, 2.45) is 0 Å². The number of anilines is 2. The smallest absolute Gasteiger partial charge is 0.385 e. The van der Waals surface area contributed by atoms with Gasteiger partial charge in [0.1, 0.15) is 5.82 Å². The Balaban J connectivity index is 2.09. The third-order valence-electron chi connectivity index (χ3n) is 4.95. The maximum Gasteiger partial charge on any atom is 0.419 e. The molecule has 0 spiro atoms. The Morgan fingerprint density at radius 2 is 1.87 bits per heavy atom. The van der Waals surface area contributed by atoms with Crippen LogP contribution < -0.4 is 10.6 Å². The Bertz CT molecular complexity index is 1020. The summed E-state index contributed by atoms with van der Waals surface area (Å²) in [5, 5.41) is 0. The highest BCUT2D eigenvalue weighted by atomic mass is 32.2. The van der Waals surface area contributed by atoms with Crippen LogP contribution in [-0.4, -0.2) is 59.2 Å². The molecule has 0 aliphatic carbocycles. The molecule has 1 aromatic carbocycles. The molecule has 0 atom stereocenters. The lowest BCUT2D eigenvalue weighted by atomic mass is 10.0. The largest absolute Gasteiger partial charge is 0.419 e. The van der Waals surface area contributed by atoms with Crippen molar-refractivity contribution in [3.05, 3.63) is 36.0 Å². The van der Waals surface area contributed by atoms with E-state index in [0.29, 0.717) is 44.0 Å². The Labute approximate surface area is 178 Å². The van der Waals surface area contributed by atoms with Crippen molar-refractivity contribution in [3.63, 3.8) is 0 Å². The number of nitrogens with zero attached hydrogens (tertiary/aromatic N) is 2. The fourth-order valence-corrected chi connectivity index (χ4v) is 4.65. The molecule has 0 radical (unpaired) electrons. The molecule has 2 heterocycles. The van der Waals surface area contributed by atoms with E-state index in [9.17, 15) is 21.6 Å². The van der Waals surface area contributed by atoms with Gasteiger partial charge < -0.3 is 20.1 Å². The average molecular weight is 459 g/mol. The monoisotopic (exact) mass is 459 g/mol. The van der Waals surface area contributed by atoms with E-state index >= 15 is 0 Å². The van der Waals surface area contributed by atoms with Gasteiger partial charge in [-0.25, -0.2) is 13.4 Å². The first-order valence-electron chi connectivity index (χ1n) is 9.64. The summed E-state index contributed by atoms with van der Waals surface area (Å²) in [6.07, 6.45) is -3.16. The first-order valence-corrected chi connectivity index (χ1v) is 11.3. The van der Waals surface area contributed by atoms with Crippen molar-refractivity contribution in [2.75, 3.05) is 56.4 Å². The minimum absolute atomic E-state index is 0.0352. The highest BCUT2D eigenvalue weighted by Crippen LogP contribution is 2.36. The molecule has 0 saturated carbocycles. The van der Waals surface area contributed by atoms with E-state index in [4.69, 9.17) is 15.2 Å². The number of benzene rings is 1. The highest BCUT2D eigenvalue weighted by Gasteiger charge is 2.34. The van der Waals surface area contributed by atoms with Gasteiger partial charge in [0.05, 0.1) is 29.4 Å². The number of halogens is 3. The lowest BCUT2D eigenvalue weighted by Gasteiger charge is -2.29. The normalized spacial score (nSPS) is 15.3. The van der Waals surface area contributed by atoms with E-state index < -0.39 is 27.4 Å². The van der Waals surface area contributed by atoms with Crippen LogP contribution in [0, 0.1) is 0 Å². The second-order valence-electron chi connectivity index (χ2n) is 7.13. The van der Waals surface area contributed by atoms with Gasteiger partial charge in [0.15, 0.2) is 9.84 Å². The maximum atomic E-state index is 13.3. The first-order chi connectivity index (χ1) is 14.6. The van der Waals surface area contributed by atoms with Gasteiger partial charge in [-0.3, -0.25) is 0 Å². The molecule has 1 aromatic heterocycles. The van der Waals surface area contributed by atoms with E-state index in [1.54, 1.807) is 12.1 Å². The zero-order valence-electron chi connectivity index (χ0n) is 17.0. The zero-order valence-corrected chi connectivity index (χ0v) is 17.8. The number of rotatable bonds is 7. The number of hydrogen-bond acceptors (Lipinski definition) is 7. The SMILES string of the molecule is COCCCS(=O)(=O)c1cc(-c2cnc(N)c(C(F)(F)F)c2)cc(N2CCOCC2)c1. The second-order valence-corrected chi connectivity index (χ2v) is 9.24. The summed E-state index contributed by atoms with van der Waals surface area (Å²) < 4.78 is 76.0. The van der Waals surface area contributed by atoms with Gasteiger partial charge in [0.2, 0.25) is 0 Å². The number of nitrogens with two attached hydrogens (primary N) is 1. The zero-order chi connectivity index (χ0) is 22.6. The molecule has 0 amide bonds. The Hall–Kier alpha value is -2.37. The van der Waals surface area contributed by atoms with Crippen LogP contribution in [0.15, 0.2) is 35.4 Å². The molecule has 1 fully saturated rings. The van der Waals surface area contributed by atoms with Crippen LogP contribution in [0.5, 0.6) is 0 Å². The van der Waals surface area contributed by atoms with Gasteiger partial charge in [0, 0.05) is 44.3 Å². The molecule has 2 N–H and O–H groups in total. The molecule has 2 aromatic rings. The summed E-state index contributed by atoms with van der Waals surface area (Å²) in [5.41, 5.74) is 5.38. The van der Waals surface area contributed by atoms with Crippen LogP contribution in [0.2, 0.25) is 0 Å². The van der Waals surface area contributed by atoms with Gasteiger partial charge >= 0.3 is 6.18 Å². The number of pyridine rings is 1. The molecule has 0 bridgehead atoms. The molecular formula is C20H24F3N3O4S. The summed E-state index contributed by atoms with van der Waals surface area (Å²) in [6, 6.07) is 5.47. The third-order valence-corrected chi connectivity index (χ3v) is 6.73. The van der Waals surface area contributed by atoms with E-state index in [-0.39, 0.29) is 22.8 Å². The predicted octanol–water partition coefficient (Wildman–Crippen LogP) is 3.00. The number of alkyl halides is 3. The molecule has 3 rings (SSSR count). The standard InChI is InChI=1S/C20H24F3N3O4S/c1-29-5-2-8-31(27,28)17-10-14(9-16(12-17)26-3-6-30-7-4-26)15-11-18(20(21,22)23)19(24)25-13-15/h9-13H,2-8H2,1H3,(H2,24,25). The van der Waals surface area contributed by atoms with Crippen LogP contribution >= 0.6 is 0 Å². The minimum Gasteiger partial charge on any atom is -0.385 e. The van der Waals surface area contributed by atoms with Gasteiger partial charge in [-0.2, -0.15) is 13.2 Å². The summed E-state index contributed by atoms with van der Waals surface area (Å²) in [4.78, 5) is 5.65. The van der Waals surface area contributed by atoms with Crippen LogP contribution in [0.3, 0.4) is 0 Å². The van der Waals surface area contributed by atoms with Crippen molar-refractivity contribution in [1.29, 1.82) is 0 Å². The quantitative estimate of drug-likeness (QED) is 0.636. The molecule has 11 heteroatoms. The Morgan fingerprint density at radius 3 is 2.52 bits per heavy atom. The van der Waals surface area contributed by atoms with E-state index in [1.807, 2.05) is 4.90 Å². The summed E-state index contributed by atoms with van der Waals surface area (Å²) in [5.74, 6) is -0.770. The van der Waals surface area contributed by atoms with Gasteiger partial charge in [0.25, 0.3) is 0 Å². The fourth-order valence-electron chi connectivity index (χ4n) is 3.31. The molecule has 170 valence electrons. The van der Waals surface area contributed by atoms with Crippen molar-refractivity contribution in [2.45, 2.75) is 17.5 Å². The van der Waals surface area contributed by atoms with E-state index in [1.165, 1.54) is 19.4 Å². The summed E-state index contributed by atoms with van der Waals surface area (Å²) in [6.45, 7) is 2.32. The molecule has 1 aliphatic heterocycles. The average Bonchev–Trinajstić information content (AvgIpc) is 2.73. The summed E-state index contributed by atoms with van der Waals surface area (Å²) in [7, 11) is -2.19. The molecular weight excluding hydrogens is 435 g/mol. The summed E-state index contributed by atoms with van der Waals surface area (Å²) >= 11 is 0. The third kappa shape index (κ3) is 5.66. The van der Waals surface area contributed by atoms with Crippen LogP contribution in [0.4, 0.5) is 24.7 Å². The minimum atomic E-state index is -4.68. The molecule has 31 heavy (non-hydrogen) atoms. The van der Waals surface area contributed by atoms with Crippen LogP contribution in [0.1, 0.15) is 12.0 Å². The van der Waals surface area contributed by atoms with Crippen molar-refractivity contribution in [1.82, 2.24) is 4.98 Å². The predicted molar refractivity (Wildman–Crippen MR) is 111 cm³/mol. The van der Waals surface area contributed by atoms with Gasteiger partial charge in [-0.05, 0) is 36.2 Å². The Kier molecular flexibility index (Phi) is 7.07. The number of nitrogen functional groups attached to an aromatic ring is 1. The Morgan fingerprint density at radius 1 is 1.16 bits per heavy atom. The van der Waals surface area contributed by atoms with Gasteiger partial charge in [-0.1, -0.05) is 0 Å². The molecule has 7 nitrogen and oxygen atoms in total. The van der Waals surface area contributed by atoms with Crippen molar-refractivity contribution >= 4 is 21.3 Å². The first kappa shape index (κ1) is 23.3. The van der Waals surface area contributed by atoms with E-state index in [0.717, 1.165) is 6.07 Å². The van der Waals surface area contributed by atoms with Gasteiger partial charge in [-0.15, -0.1) is 0 Å². The molecule has 0 unspecified atom stereocenters. The highest BCUT2D eigenvalue weighted by molar-refractivity contribution is 7.91. The fraction of sp³-hybridized carbons (Fsp3) is 0.450. The number of aromatic nitrogens is 1. The van der Waals surface area contributed by atoms with Crippen molar-refractivity contribution < 1.29 is 31.1 Å². The molecule has 1 aliphatic rings. The number of hydrogen-bond donors (Lipinski definition) is 1. The number of methoxy groups -OCH3 is 1. The van der Waals surface area contributed by atoms with Crippen LogP contribution in [-0.2, 0) is 25.5 Å². The molecule has 1 saturated heterocycles. The van der Waals surface area contributed by atoms with E-state index in [2.05, 4.69) is 4.98 Å². The van der Waals surface area contributed by atoms with Crippen LogP contribution in [0.25, 0.3) is 11.1 Å². The maximum absolute atomic E-state index is 13.3.